The molecular weight excluding hydrogens is 388 g/mol. The highest BCUT2D eigenvalue weighted by molar-refractivity contribution is 7.89. The van der Waals surface area contributed by atoms with Gasteiger partial charge in [-0.15, -0.1) is 0 Å². The van der Waals surface area contributed by atoms with Crippen LogP contribution in [0.3, 0.4) is 0 Å². The molecule has 0 saturated carbocycles. The van der Waals surface area contributed by atoms with Crippen molar-refractivity contribution in [3.05, 3.63) is 48.3 Å². The Morgan fingerprint density at radius 3 is 2.41 bits per heavy atom. The predicted molar refractivity (Wildman–Crippen MR) is 113 cm³/mol. The van der Waals surface area contributed by atoms with Crippen molar-refractivity contribution in [3.8, 4) is 0 Å². The molecule has 1 N–H and O–H groups in total. The number of sulfonamides is 1. The average molecular weight is 415 g/mol. The van der Waals surface area contributed by atoms with Gasteiger partial charge in [-0.2, -0.15) is 4.31 Å². The first-order valence-corrected chi connectivity index (χ1v) is 11.6. The number of rotatable bonds is 5. The average Bonchev–Trinajstić information content (AvgIpc) is 3.30. The van der Waals surface area contributed by atoms with Crippen molar-refractivity contribution in [1.82, 2.24) is 9.29 Å². The summed E-state index contributed by atoms with van der Waals surface area (Å²) in [5.41, 5.74) is 1.75. The van der Waals surface area contributed by atoms with Gasteiger partial charge in [-0.05, 0) is 56.0 Å². The molecule has 0 unspecified atom stereocenters. The maximum absolute atomic E-state index is 12.9. The molecule has 154 valence electrons. The number of carbonyl (C=O) groups is 1. The third kappa shape index (κ3) is 4.43. The van der Waals surface area contributed by atoms with Crippen molar-refractivity contribution in [2.45, 2.75) is 37.0 Å². The molecule has 4 rings (SSSR count). The lowest BCUT2D eigenvalue weighted by Crippen LogP contribution is -2.35. The largest absolute Gasteiger partial charge is 0.371 e. The standard InChI is InChI=1S/C21H26N4O3S/c26-21(20-16-18(9-10-22-20)24-11-4-5-12-24)23-17-7-6-8-19(15-17)29(27,28)25-13-2-1-3-14-25/h6-10,15-16H,1-5,11-14H2,(H,23,26). The van der Waals surface area contributed by atoms with Crippen molar-refractivity contribution >= 4 is 27.3 Å². The van der Waals surface area contributed by atoms with E-state index in [-0.39, 0.29) is 10.8 Å². The summed E-state index contributed by atoms with van der Waals surface area (Å²) in [6.07, 6.45) is 6.78. The summed E-state index contributed by atoms with van der Waals surface area (Å²) >= 11 is 0. The molecular formula is C21H26N4O3S. The van der Waals surface area contributed by atoms with Crippen LogP contribution >= 0.6 is 0 Å². The van der Waals surface area contributed by atoms with Crippen LogP contribution in [0.25, 0.3) is 0 Å². The topological polar surface area (TPSA) is 82.6 Å². The van der Waals surface area contributed by atoms with E-state index in [0.717, 1.165) is 50.9 Å². The normalized spacial score (nSPS) is 18.0. The Hall–Kier alpha value is -2.45. The zero-order valence-corrected chi connectivity index (χ0v) is 17.2. The van der Waals surface area contributed by atoms with E-state index in [4.69, 9.17) is 0 Å². The molecule has 2 saturated heterocycles. The Balaban J connectivity index is 1.50. The number of hydrogen-bond acceptors (Lipinski definition) is 5. The number of aromatic nitrogens is 1. The second-order valence-electron chi connectivity index (χ2n) is 7.54. The van der Waals surface area contributed by atoms with E-state index < -0.39 is 10.0 Å². The number of hydrogen-bond donors (Lipinski definition) is 1. The molecule has 0 bridgehead atoms. The van der Waals surface area contributed by atoms with Gasteiger partial charge in [0.25, 0.3) is 5.91 Å². The Kier molecular flexibility index (Phi) is 5.82. The summed E-state index contributed by atoms with van der Waals surface area (Å²) in [5.74, 6) is -0.349. The van der Waals surface area contributed by atoms with Crippen LogP contribution in [0.1, 0.15) is 42.6 Å². The molecule has 8 heteroatoms. The highest BCUT2D eigenvalue weighted by Gasteiger charge is 2.26. The van der Waals surface area contributed by atoms with Gasteiger partial charge < -0.3 is 10.2 Å². The van der Waals surface area contributed by atoms with Gasteiger partial charge in [0.2, 0.25) is 10.0 Å². The smallest absolute Gasteiger partial charge is 0.274 e. The SMILES string of the molecule is O=C(Nc1cccc(S(=O)(=O)N2CCCCC2)c1)c1cc(N2CCCC2)ccn1. The lowest BCUT2D eigenvalue weighted by molar-refractivity contribution is 0.102. The van der Waals surface area contributed by atoms with Gasteiger partial charge in [0.15, 0.2) is 0 Å². The molecule has 0 atom stereocenters. The van der Waals surface area contributed by atoms with E-state index in [9.17, 15) is 13.2 Å². The van der Waals surface area contributed by atoms with Crippen molar-refractivity contribution in [1.29, 1.82) is 0 Å². The molecule has 2 fully saturated rings. The second kappa shape index (κ2) is 8.51. The maximum Gasteiger partial charge on any atom is 0.274 e. The Morgan fingerprint density at radius 1 is 0.931 bits per heavy atom. The molecule has 7 nitrogen and oxygen atoms in total. The van der Waals surface area contributed by atoms with E-state index >= 15 is 0 Å². The lowest BCUT2D eigenvalue weighted by Gasteiger charge is -2.26. The van der Waals surface area contributed by atoms with E-state index in [0.29, 0.717) is 24.5 Å². The van der Waals surface area contributed by atoms with Gasteiger partial charge in [-0.25, -0.2) is 8.42 Å². The fourth-order valence-electron chi connectivity index (χ4n) is 3.90. The quantitative estimate of drug-likeness (QED) is 0.813. The molecule has 0 radical (unpaired) electrons. The summed E-state index contributed by atoms with van der Waals surface area (Å²) < 4.78 is 27.3. The second-order valence-corrected chi connectivity index (χ2v) is 9.48. The minimum Gasteiger partial charge on any atom is -0.371 e. The first kappa shape index (κ1) is 19.8. The number of anilines is 2. The van der Waals surface area contributed by atoms with E-state index in [1.165, 1.54) is 10.4 Å². The van der Waals surface area contributed by atoms with Crippen molar-refractivity contribution in [3.63, 3.8) is 0 Å². The van der Waals surface area contributed by atoms with Gasteiger partial charge in [0.05, 0.1) is 4.90 Å². The number of amides is 1. The summed E-state index contributed by atoms with van der Waals surface area (Å²) in [6.45, 7) is 3.07. The van der Waals surface area contributed by atoms with Gasteiger partial charge in [0.1, 0.15) is 5.69 Å². The summed E-state index contributed by atoms with van der Waals surface area (Å²) in [6, 6.07) is 10.1. The van der Waals surface area contributed by atoms with Crippen LogP contribution in [0, 0.1) is 0 Å². The molecule has 1 aromatic carbocycles. The molecule has 29 heavy (non-hydrogen) atoms. The molecule has 1 aromatic heterocycles. The third-order valence-electron chi connectivity index (χ3n) is 5.49. The Morgan fingerprint density at radius 2 is 1.66 bits per heavy atom. The molecule has 2 aliphatic heterocycles. The molecule has 0 spiro atoms. The zero-order chi connectivity index (χ0) is 20.3. The van der Waals surface area contributed by atoms with Crippen LogP contribution in [0.2, 0.25) is 0 Å². The van der Waals surface area contributed by atoms with Crippen LogP contribution in [-0.4, -0.2) is 49.8 Å². The van der Waals surface area contributed by atoms with Crippen LogP contribution in [0.4, 0.5) is 11.4 Å². The number of benzene rings is 1. The zero-order valence-electron chi connectivity index (χ0n) is 16.4. The number of piperidine rings is 1. The van der Waals surface area contributed by atoms with Crippen LogP contribution in [0.15, 0.2) is 47.5 Å². The lowest BCUT2D eigenvalue weighted by atomic mass is 10.2. The number of pyridine rings is 1. The fraction of sp³-hybridized carbons (Fsp3) is 0.429. The van der Waals surface area contributed by atoms with Gasteiger partial charge >= 0.3 is 0 Å². The first-order chi connectivity index (χ1) is 14.0. The highest BCUT2D eigenvalue weighted by Crippen LogP contribution is 2.24. The van der Waals surface area contributed by atoms with Gasteiger partial charge in [-0.1, -0.05) is 12.5 Å². The predicted octanol–water partition coefficient (Wildman–Crippen LogP) is 3.11. The molecule has 2 aromatic rings. The summed E-state index contributed by atoms with van der Waals surface area (Å²) in [7, 11) is -3.54. The third-order valence-corrected chi connectivity index (χ3v) is 7.39. The number of nitrogens with one attached hydrogen (secondary N) is 1. The Bertz CT molecular complexity index is 981. The highest BCUT2D eigenvalue weighted by atomic mass is 32.2. The van der Waals surface area contributed by atoms with Crippen molar-refractivity contribution in [2.24, 2.45) is 0 Å². The summed E-state index contributed by atoms with van der Waals surface area (Å²) in [4.78, 5) is 19.3. The van der Waals surface area contributed by atoms with Crippen LogP contribution in [-0.2, 0) is 10.0 Å². The molecule has 1 amide bonds. The van der Waals surface area contributed by atoms with Crippen molar-refractivity contribution < 1.29 is 13.2 Å². The van der Waals surface area contributed by atoms with E-state index in [2.05, 4.69) is 15.2 Å². The fourth-order valence-corrected chi connectivity index (χ4v) is 5.46. The van der Waals surface area contributed by atoms with Gasteiger partial charge in [-0.3, -0.25) is 9.78 Å². The van der Waals surface area contributed by atoms with Crippen molar-refractivity contribution in [2.75, 3.05) is 36.4 Å². The van der Waals surface area contributed by atoms with Crippen LogP contribution in [0.5, 0.6) is 0 Å². The Labute approximate surface area is 171 Å². The maximum atomic E-state index is 12.9. The first-order valence-electron chi connectivity index (χ1n) is 10.2. The minimum atomic E-state index is -3.54. The van der Waals surface area contributed by atoms with Crippen LogP contribution < -0.4 is 10.2 Å². The van der Waals surface area contributed by atoms with Gasteiger partial charge in [0, 0.05) is 43.8 Å². The van der Waals surface area contributed by atoms with E-state index in [1.807, 2.05) is 6.07 Å². The monoisotopic (exact) mass is 414 g/mol. The summed E-state index contributed by atoms with van der Waals surface area (Å²) in [5, 5.41) is 2.79. The number of carbonyl (C=O) groups excluding carboxylic acids is 1. The molecule has 0 aliphatic carbocycles. The van der Waals surface area contributed by atoms with E-state index in [1.54, 1.807) is 30.5 Å². The molecule has 3 heterocycles. The minimum absolute atomic E-state index is 0.205. The molecule has 2 aliphatic rings. The number of nitrogens with zero attached hydrogens (tertiary/aromatic N) is 3.